The molecule has 0 aliphatic carbocycles. The molecule has 0 unspecified atom stereocenters. The molecular weight excluding hydrogens is 188 g/mol. The third-order valence-electron chi connectivity index (χ3n) is 2.54. The summed E-state index contributed by atoms with van der Waals surface area (Å²) in [5.41, 5.74) is 3.20. The topological polar surface area (TPSA) is 43.6 Å². The SMILES string of the molecule is CCn1nnc2c(C(C)(C)C)cncc21. The first-order chi connectivity index (χ1) is 7.04. The highest BCUT2D eigenvalue weighted by molar-refractivity contribution is 5.77. The minimum Gasteiger partial charge on any atom is -0.262 e. The van der Waals surface area contributed by atoms with Gasteiger partial charge in [-0.2, -0.15) is 0 Å². The molecule has 2 aromatic rings. The van der Waals surface area contributed by atoms with Gasteiger partial charge in [0.1, 0.15) is 11.0 Å². The molecule has 15 heavy (non-hydrogen) atoms. The van der Waals surface area contributed by atoms with E-state index in [-0.39, 0.29) is 5.41 Å². The van der Waals surface area contributed by atoms with E-state index < -0.39 is 0 Å². The summed E-state index contributed by atoms with van der Waals surface area (Å²) in [6.07, 6.45) is 3.71. The quantitative estimate of drug-likeness (QED) is 0.714. The first-order valence-electron chi connectivity index (χ1n) is 5.21. The third kappa shape index (κ3) is 1.60. The monoisotopic (exact) mass is 204 g/mol. The standard InChI is InChI=1S/C11H16N4/c1-5-15-9-7-12-6-8(11(2,3)4)10(9)13-14-15/h6-7H,5H2,1-4H3. The Kier molecular flexibility index (Phi) is 2.21. The van der Waals surface area contributed by atoms with E-state index in [0.29, 0.717) is 0 Å². The van der Waals surface area contributed by atoms with Crippen LogP contribution in [-0.4, -0.2) is 20.0 Å². The molecule has 80 valence electrons. The molecule has 0 bridgehead atoms. The van der Waals surface area contributed by atoms with E-state index in [1.807, 2.05) is 17.1 Å². The van der Waals surface area contributed by atoms with Crippen molar-refractivity contribution < 1.29 is 0 Å². The molecule has 4 heteroatoms. The van der Waals surface area contributed by atoms with Gasteiger partial charge in [0.05, 0.1) is 6.20 Å². The van der Waals surface area contributed by atoms with E-state index in [2.05, 4.69) is 43.0 Å². The highest BCUT2D eigenvalue weighted by atomic mass is 15.4. The van der Waals surface area contributed by atoms with Crippen LogP contribution in [0.2, 0.25) is 0 Å². The van der Waals surface area contributed by atoms with E-state index in [9.17, 15) is 0 Å². The summed E-state index contributed by atoms with van der Waals surface area (Å²) >= 11 is 0. The Labute approximate surface area is 89.3 Å². The summed E-state index contributed by atoms with van der Waals surface area (Å²) in [5.74, 6) is 0. The second kappa shape index (κ2) is 3.29. The van der Waals surface area contributed by atoms with Crippen LogP contribution in [0.5, 0.6) is 0 Å². The number of hydrogen-bond acceptors (Lipinski definition) is 3. The van der Waals surface area contributed by atoms with Crippen molar-refractivity contribution in [2.45, 2.75) is 39.7 Å². The number of rotatable bonds is 1. The molecule has 0 atom stereocenters. The first-order valence-corrected chi connectivity index (χ1v) is 5.21. The van der Waals surface area contributed by atoms with Crippen molar-refractivity contribution >= 4 is 11.0 Å². The maximum absolute atomic E-state index is 4.26. The van der Waals surface area contributed by atoms with Crippen molar-refractivity contribution in [3.63, 3.8) is 0 Å². The van der Waals surface area contributed by atoms with Gasteiger partial charge in [0.15, 0.2) is 0 Å². The molecule has 0 amide bonds. The van der Waals surface area contributed by atoms with Crippen molar-refractivity contribution in [2.75, 3.05) is 0 Å². The Bertz CT molecular complexity index is 479. The Balaban J connectivity index is 2.73. The number of fused-ring (bicyclic) bond motifs is 1. The lowest BCUT2D eigenvalue weighted by Gasteiger charge is -2.18. The van der Waals surface area contributed by atoms with Crippen LogP contribution in [0.1, 0.15) is 33.3 Å². The zero-order valence-corrected chi connectivity index (χ0v) is 9.65. The van der Waals surface area contributed by atoms with Gasteiger partial charge in [0.2, 0.25) is 0 Å². The summed E-state index contributed by atoms with van der Waals surface area (Å²) in [4.78, 5) is 4.26. The summed E-state index contributed by atoms with van der Waals surface area (Å²) in [6, 6.07) is 0. The van der Waals surface area contributed by atoms with Gasteiger partial charge in [-0.25, -0.2) is 4.68 Å². The highest BCUT2D eigenvalue weighted by Crippen LogP contribution is 2.27. The third-order valence-corrected chi connectivity index (χ3v) is 2.54. The van der Waals surface area contributed by atoms with E-state index in [4.69, 9.17) is 0 Å². The van der Waals surface area contributed by atoms with Crippen LogP contribution in [0.15, 0.2) is 12.4 Å². The molecule has 0 aliphatic heterocycles. The Morgan fingerprint density at radius 1 is 1.27 bits per heavy atom. The fourth-order valence-corrected chi connectivity index (χ4v) is 1.67. The lowest BCUT2D eigenvalue weighted by molar-refractivity contribution is 0.592. The van der Waals surface area contributed by atoms with Gasteiger partial charge in [-0.3, -0.25) is 4.98 Å². The van der Waals surface area contributed by atoms with Gasteiger partial charge in [-0.1, -0.05) is 26.0 Å². The zero-order chi connectivity index (χ0) is 11.1. The van der Waals surface area contributed by atoms with Crippen molar-refractivity contribution in [3.05, 3.63) is 18.0 Å². The van der Waals surface area contributed by atoms with Crippen molar-refractivity contribution in [1.29, 1.82) is 0 Å². The Hall–Kier alpha value is -1.45. The van der Waals surface area contributed by atoms with Crippen molar-refractivity contribution in [2.24, 2.45) is 0 Å². The molecule has 4 nitrogen and oxygen atoms in total. The molecule has 0 saturated carbocycles. The normalized spacial score (nSPS) is 12.3. The number of pyridine rings is 1. The zero-order valence-electron chi connectivity index (χ0n) is 9.65. The molecule has 0 radical (unpaired) electrons. The summed E-state index contributed by atoms with van der Waals surface area (Å²) < 4.78 is 1.87. The van der Waals surface area contributed by atoms with Gasteiger partial charge in [0.25, 0.3) is 0 Å². The predicted molar refractivity (Wildman–Crippen MR) is 59.7 cm³/mol. The Morgan fingerprint density at radius 2 is 2.00 bits per heavy atom. The summed E-state index contributed by atoms with van der Waals surface area (Å²) in [5, 5.41) is 8.34. The van der Waals surface area contributed by atoms with Crippen molar-refractivity contribution in [3.8, 4) is 0 Å². The molecule has 2 aromatic heterocycles. The van der Waals surface area contributed by atoms with Crippen LogP contribution in [-0.2, 0) is 12.0 Å². The minimum absolute atomic E-state index is 0.0567. The van der Waals surface area contributed by atoms with Gasteiger partial charge >= 0.3 is 0 Å². The van der Waals surface area contributed by atoms with Crippen LogP contribution < -0.4 is 0 Å². The molecule has 0 saturated heterocycles. The second-order valence-electron chi connectivity index (χ2n) is 4.71. The van der Waals surface area contributed by atoms with Crippen LogP contribution in [0.25, 0.3) is 11.0 Å². The van der Waals surface area contributed by atoms with E-state index in [1.165, 1.54) is 0 Å². The molecule has 0 aromatic carbocycles. The smallest absolute Gasteiger partial charge is 0.120 e. The second-order valence-corrected chi connectivity index (χ2v) is 4.71. The molecule has 0 fully saturated rings. The summed E-state index contributed by atoms with van der Waals surface area (Å²) in [7, 11) is 0. The molecule has 2 heterocycles. The number of aryl methyl sites for hydroxylation is 1. The van der Waals surface area contributed by atoms with E-state index >= 15 is 0 Å². The number of hydrogen-bond donors (Lipinski definition) is 0. The Morgan fingerprint density at radius 3 is 2.60 bits per heavy atom. The fraction of sp³-hybridized carbons (Fsp3) is 0.545. The van der Waals surface area contributed by atoms with Crippen LogP contribution in [0.4, 0.5) is 0 Å². The lowest BCUT2D eigenvalue weighted by Crippen LogP contribution is -2.12. The largest absolute Gasteiger partial charge is 0.262 e. The number of nitrogens with zero attached hydrogens (tertiary/aromatic N) is 4. The van der Waals surface area contributed by atoms with E-state index in [0.717, 1.165) is 23.1 Å². The fourth-order valence-electron chi connectivity index (χ4n) is 1.67. The average Bonchev–Trinajstić information content (AvgIpc) is 2.58. The molecule has 2 rings (SSSR count). The maximum Gasteiger partial charge on any atom is 0.120 e. The molecular formula is C11H16N4. The number of aromatic nitrogens is 4. The van der Waals surface area contributed by atoms with Gasteiger partial charge < -0.3 is 0 Å². The molecule has 0 aliphatic rings. The minimum atomic E-state index is 0.0567. The molecule has 0 spiro atoms. The lowest BCUT2D eigenvalue weighted by atomic mass is 9.87. The van der Waals surface area contributed by atoms with Gasteiger partial charge in [-0.05, 0) is 12.3 Å². The summed E-state index contributed by atoms with van der Waals surface area (Å²) in [6.45, 7) is 9.36. The molecule has 0 N–H and O–H groups in total. The van der Waals surface area contributed by atoms with Crippen LogP contribution in [0, 0.1) is 0 Å². The highest BCUT2D eigenvalue weighted by Gasteiger charge is 2.19. The first kappa shape index (κ1) is 10.1. The van der Waals surface area contributed by atoms with Crippen LogP contribution >= 0.6 is 0 Å². The maximum atomic E-state index is 4.26. The van der Waals surface area contributed by atoms with Gasteiger partial charge in [0, 0.05) is 18.3 Å². The van der Waals surface area contributed by atoms with Crippen LogP contribution in [0.3, 0.4) is 0 Å². The van der Waals surface area contributed by atoms with Gasteiger partial charge in [-0.15, -0.1) is 5.10 Å². The average molecular weight is 204 g/mol. The van der Waals surface area contributed by atoms with Crippen molar-refractivity contribution in [1.82, 2.24) is 20.0 Å². The van der Waals surface area contributed by atoms with E-state index in [1.54, 1.807) is 0 Å². The predicted octanol–water partition coefficient (Wildman–Crippen LogP) is 2.14.